The van der Waals surface area contributed by atoms with Crippen molar-refractivity contribution < 1.29 is 9.47 Å². The topological polar surface area (TPSA) is 25.1 Å². The molecular formula is C10H12O2. The molecule has 2 saturated heterocycles. The third-order valence-corrected chi connectivity index (χ3v) is 3.94. The number of fused-ring (bicyclic) bond motifs is 3. The van der Waals surface area contributed by atoms with E-state index < -0.39 is 0 Å². The Morgan fingerprint density at radius 1 is 1.25 bits per heavy atom. The number of hydrogen-bond acceptors (Lipinski definition) is 2. The summed E-state index contributed by atoms with van der Waals surface area (Å²) in [4.78, 5) is 0. The van der Waals surface area contributed by atoms with E-state index in [-0.39, 0.29) is 5.60 Å². The molecule has 0 saturated carbocycles. The van der Waals surface area contributed by atoms with Gasteiger partial charge >= 0.3 is 0 Å². The normalized spacial score (nSPS) is 59.2. The van der Waals surface area contributed by atoms with E-state index >= 15 is 0 Å². The molecule has 0 aromatic heterocycles. The van der Waals surface area contributed by atoms with Crippen molar-refractivity contribution >= 4 is 0 Å². The highest BCUT2D eigenvalue weighted by Crippen LogP contribution is 2.59. The van der Waals surface area contributed by atoms with Crippen LogP contribution in [0.4, 0.5) is 0 Å². The first-order chi connectivity index (χ1) is 5.77. The number of epoxide rings is 2. The summed E-state index contributed by atoms with van der Waals surface area (Å²) >= 11 is 0. The minimum Gasteiger partial charge on any atom is -0.369 e. The predicted octanol–water partition coefficient (Wildman–Crippen LogP) is 1.41. The Bertz CT molecular complexity index is 307. The van der Waals surface area contributed by atoms with Crippen LogP contribution in [0.5, 0.6) is 0 Å². The lowest BCUT2D eigenvalue weighted by atomic mass is 9.89. The molecule has 2 heteroatoms. The maximum absolute atomic E-state index is 5.66. The van der Waals surface area contributed by atoms with Crippen LogP contribution in [-0.2, 0) is 9.47 Å². The Hall–Kier alpha value is -0.340. The fraction of sp³-hybridized carbons (Fsp3) is 0.800. The largest absolute Gasteiger partial charge is 0.369 e. The zero-order chi connectivity index (χ0) is 7.92. The molecule has 2 nitrogen and oxygen atoms in total. The molecule has 4 unspecified atom stereocenters. The second-order valence-electron chi connectivity index (χ2n) is 4.62. The summed E-state index contributed by atoms with van der Waals surface area (Å²) in [6.07, 6.45) is 5.24. The standard InChI is InChI=1S/C10H12O2/c1-10-6-4-8-7(11-8)2-5(6)3-9(10)12-10/h7-9H,2-4H2,1H3. The van der Waals surface area contributed by atoms with Crippen LogP contribution in [0.15, 0.2) is 11.1 Å². The summed E-state index contributed by atoms with van der Waals surface area (Å²) < 4.78 is 11.2. The highest BCUT2D eigenvalue weighted by Gasteiger charge is 2.63. The summed E-state index contributed by atoms with van der Waals surface area (Å²) in [7, 11) is 0. The highest BCUT2D eigenvalue weighted by atomic mass is 16.6. The van der Waals surface area contributed by atoms with Crippen molar-refractivity contribution in [1.82, 2.24) is 0 Å². The number of hydrogen-bond donors (Lipinski definition) is 0. The molecule has 2 heterocycles. The zero-order valence-corrected chi connectivity index (χ0v) is 7.17. The SMILES string of the molecule is CC12OC1CC1=C2CC2OC2C1. The minimum atomic E-state index is 0.159. The smallest absolute Gasteiger partial charge is 0.114 e. The second kappa shape index (κ2) is 1.51. The Morgan fingerprint density at radius 2 is 2.08 bits per heavy atom. The van der Waals surface area contributed by atoms with E-state index in [0.29, 0.717) is 18.3 Å². The first-order valence-electron chi connectivity index (χ1n) is 4.82. The summed E-state index contributed by atoms with van der Waals surface area (Å²) in [5, 5.41) is 0. The van der Waals surface area contributed by atoms with Crippen molar-refractivity contribution in [3.8, 4) is 0 Å². The zero-order valence-electron chi connectivity index (χ0n) is 7.17. The molecule has 0 aromatic rings. The molecule has 0 spiro atoms. The average Bonchev–Trinajstić information content (AvgIpc) is 2.88. The molecule has 0 radical (unpaired) electrons. The van der Waals surface area contributed by atoms with E-state index in [1.165, 1.54) is 12.8 Å². The minimum absolute atomic E-state index is 0.159. The van der Waals surface area contributed by atoms with E-state index in [2.05, 4.69) is 6.92 Å². The Labute approximate surface area is 71.5 Å². The summed E-state index contributed by atoms with van der Waals surface area (Å²) in [6, 6.07) is 0. The van der Waals surface area contributed by atoms with Gasteiger partial charge in [0.05, 0.1) is 18.3 Å². The Balaban J connectivity index is 1.79. The van der Waals surface area contributed by atoms with Gasteiger partial charge in [-0.1, -0.05) is 5.57 Å². The molecule has 2 aliphatic carbocycles. The van der Waals surface area contributed by atoms with Gasteiger partial charge in [0, 0.05) is 6.42 Å². The fourth-order valence-electron chi connectivity index (χ4n) is 3.00. The molecule has 0 aromatic carbocycles. The van der Waals surface area contributed by atoms with Crippen LogP contribution in [-0.4, -0.2) is 23.9 Å². The fourth-order valence-corrected chi connectivity index (χ4v) is 3.00. The predicted molar refractivity (Wildman–Crippen MR) is 42.8 cm³/mol. The molecule has 0 N–H and O–H groups in total. The van der Waals surface area contributed by atoms with Gasteiger partial charge in [0.15, 0.2) is 0 Å². The van der Waals surface area contributed by atoms with Crippen LogP contribution in [0.1, 0.15) is 26.2 Å². The second-order valence-corrected chi connectivity index (χ2v) is 4.62. The molecule has 2 aliphatic heterocycles. The Kier molecular flexibility index (Phi) is 0.776. The molecule has 0 bridgehead atoms. The molecule has 0 amide bonds. The molecule has 4 atom stereocenters. The average molecular weight is 164 g/mol. The summed E-state index contributed by atoms with van der Waals surface area (Å²) in [6.45, 7) is 2.24. The van der Waals surface area contributed by atoms with Crippen LogP contribution in [0.2, 0.25) is 0 Å². The number of ether oxygens (including phenoxy) is 2. The van der Waals surface area contributed by atoms with Crippen molar-refractivity contribution in [1.29, 1.82) is 0 Å². The lowest BCUT2D eigenvalue weighted by Crippen LogP contribution is -2.15. The summed E-state index contributed by atoms with van der Waals surface area (Å²) in [5.74, 6) is 0. The third kappa shape index (κ3) is 0.539. The van der Waals surface area contributed by atoms with Crippen LogP contribution >= 0.6 is 0 Å². The molecule has 4 aliphatic rings. The van der Waals surface area contributed by atoms with E-state index in [1.807, 2.05) is 0 Å². The molecule has 2 fully saturated rings. The van der Waals surface area contributed by atoms with Gasteiger partial charge in [-0.15, -0.1) is 0 Å². The van der Waals surface area contributed by atoms with Crippen LogP contribution < -0.4 is 0 Å². The van der Waals surface area contributed by atoms with Crippen molar-refractivity contribution in [3.05, 3.63) is 11.1 Å². The van der Waals surface area contributed by atoms with Gasteiger partial charge in [-0.25, -0.2) is 0 Å². The lowest BCUT2D eigenvalue weighted by Gasteiger charge is -2.15. The molecule has 64 valence electrons. The van der Waals surface area contributed by atoms with Crippen molar-refractivity contribution in [3.63, 3.8) is 0 Å². The van der Waals surface area contributed by atoms with Gasteiger partial charge in [-0.3, -0.25) is 0 Å². The van der Waals surface area contributed by atoms with E-state index in [4.69, 9.17) is 9.47 Å². The van der Waals surface area contributed by atoms with Gasteiger partial charge < -0.3 is 9.47 Å². The first-order valence-corrected chi connectivity index (χ1v) is 4.82. The lowest BCUT2D eigenvalue weighted by molar-refractivity contribution is 0.311. The highest BCUT2D eigenvalue weighted by molar-refractivity contribution is 5.43. The molecular weight excluding hydrogens is 152 g/mol. The van der Waals surface area contributed by atoms with Crippen molar-refractivity contribution in [2.45, 2.75) is 50.1 Å². The summed E-state index contributed by atoms with van der Waals surface area (Å²) in [5.41, 5.74) is 3.41. The van der Waals surface area contributed by atoms with Gasteiger partial charge in [0.25, 0.3) is 0 Å². The number of rotatable bonds is 0. The van der Waals surface area contributed by atoms with E-state index in [9.17, 15) is 0 Å². The molecule has 12 heavy (non-hydrogen) atoms. The van der Waals surface area contributed by atoms with Crippen LogP contribution in [0.25, 0.3) is 0 Å². The maximum Gasteiger partial charge on any atom is 0.114 e. The van der Waals surface area contributed by atoms with Crippen molar-refractivity contribution in [2.24, 2.45) is 0 Å². The molecule has 4 rings (SSSR count). The maximum atomic E-state index is 5.66. The van der Waals surface area contributed by atoms with E-state index in [0.717, 1.165) is 6.42 Å². The monoisotopic (exact) mass is 164 g/mol. The third-order valence-electron chi connectivity index (χ3n) is 3.94. The first kappa shape index (κ1) is 6.17. The Morgan fingerprint density at radius 3 is 3.00 bits per heavy atom. The van der Waals surface area contributed by atoms with Gasteiger partial charge in [0.1, 0.15) is 5.60 Å². The quantitative estimate of drug-likeness (QED) is 0.399. The van der Waals surface area contributed by atoms with Gasteiger partial charge in [0.2, 0.25) is 0 Å². The van der Waals surface area contributed by atoms with Gasteiger partial charge in [-0.2, -0.15) is 0 Å². The van der Waals surface area contributed by atoms with Crippen molar-refractivity contribution in [2.75, 3.05) is 0 Å². The van der Waals surface area contributed by atoms with Gasteiger partial charge in [-0.05, 0) is 25.3 Å². The van der Waals surface area contributed by atoms with Crippen LogP contribution in [0.3, 0.4) is 0 Å². The van der Waals surface area contributed by atoms with Crippen LogP contribution in [0, 0.1) is 0 Å². The van der Waals surface area contributed by atoms with E-state index in [1.54, 1.807) is 11.1 Å².